The van der Waals surface area contributed by atoms with Gasteiger partial charge in [-0.05, 0) is 31.2 Å². The lowest BCUT2D eigenvalue weighted by molar-refractivity contribution is 0.509. The van der Waals surface area contributed by atoms with Crippen LogP contribution in [-0.2, 0) is 0 Å². The topological polar surface area (TPSA) is 49.8 Å². The van der Waals surface area contributed by atoms with Gasteiger partial charge in [-0.15, -0.1) is 0 Å². The van der Waals surface area contributed by atoms with Crippen molar-refractivity contribution in [1.29, 1.82) is 0 Å². The number of hydrogen-bond acceptors (Lipinski definition) is 4. The summed E-state index contributed by atoms with van der Waals surface area (Å²) in [4.78, 5) is 8.51. The predicted molar refractivity (Wildman–Crippen MR) is 96.2 cm³/mol. The first-order chi connectivity index (χ1) is 11.9. The normalized spacial score (nSPS) is 10.6. The lowest BCUT2D eigenvalue weighted by atomic mass is 10.3. The maximum absolute atomic E-state index is 13.3. The first-order valence-electron chi connectivity index (χ1n) is 7.21. The van der Waals surface area contributed by atoms with Gasteiger partial charge in [-0.2, -0.15) is 4.98 Å². The highest BCUT2D eigenvalue weighted by Gasteiger charge is 2.09. The van der Waals surface area contributed by atoms with Gasteiger partial charge in [-0.25, -0.2) is 13.8 Å². The largest absolute Gasteiger partial charge is 0.338 e. The SMILES string of the molecule is Cc1cc(Nc2c(Cl)cccc2Cl)nc(Nc2ccc(F)c(F)c2)n1. The van der Waals surface area contributed by atoms with E-state index in [0.717, 1.165) is 12.1 Å². The second-order valence-corrected chi connectivity index (χ2v) is 6.01. The first-order valence-corrected chi connectivity index (χ1v) is 7.97. The van der Waals surface area contributed by atoms with Crippen LogP contribution in [0.2, 0.25) is 10.0 Å². The predicted octanol–water partition coefficient (Wildman–Crippen LogP) is 5.86. The summed E-state index contributed by atoms with van der Waals surface area (Å²) in [6.45, 7) is 1.78. The zero-order valence-corrected chi connectivity index (χ0v) is 14.5. The molecule has 128 valence electrons. The number of aryl methyl sites for hydroxylation is 1. The molecule has 3 aromatic rings. The molecule has 4 nitrogen and oxygen atoms in total. The van der Waals surface area contributed by atoms with E-state index in [9.17, 15) is 8.78 Å². The van der Waals surface area contributed by atoms with Gasteiger partial charge in [0.05, 0.1) is 15.7 Å². The molecule has 0 amide bonds. The number of hydrogen-bond donors (Lipinski definition) is 2. The van der Waals surface area contributed by atoms with Crippen molar-refractivity contribution in [2.75, 3.05) is 10.6 Å². The molecule has 0 saturated heterocycles. The summed E-state index contributed by atoms with van der Waals surface area (Å²) in [7, 11) is 0. The van der Waals surface area contributed by atoms with Crippen LogP contribution in [0.5, 0.6) is 0 Å². The molecule has 0 spiro atoms. The van der Waals surface area contributed by atoms with E-state index in [4.69, 9.17) is 23.2 Å². The highest BCUT2D eigenvalue weighted by molar-refractivity contribution is 6.39. The molecule has 0 fully saturated rings. The van der Waals surface area contributed by atoms with Gasteiger partial charge in [0.25, 0.3) is 0 Å². The van der Waals surface area contributed by atoms with E-state index in [-0.39, 0.29) is 5.95 Å². The van der Waals surface area contributed by atoms with Crippen molar-refractivity contribution in [2.24, 2.45) is 0 Å². The second kappa shape index (κ2) is 7.21. The minimum Gasteiger partial charge on any atom is -0.338 e. The highest BCUT2D eigenvalue weighted by atomic mass is 35.5. The highest BCUT2D eigenvalue weighted by Crippen LogP contribution is 2.32. The van der Waals surface area contributed by atoms with Gasteiger partial charge >= 0.3 is 0 Å². The average Bonchev–Trinajstić information content (AvgIpc) is 2.54. The van der Waals surface area contributed by atoms with Crippen LogP contribution in [0.25, 0.3) is 0 Å². The Kier molecular flexibility index (Phi) is 5.01. The van der Waals surface area contributed by atoms with Crippen molar-refractivity contribution in [3.63, 3.8) is 0 Å². The fourth-order valence-electron chi connectivity index (χ4n) is 2.14. The Hall–Kier alpha value is -2.44. The summed E-state index contributed by atoms with van der Waals surface area (Å²) in [6.07, 6.45) is 0. The minimum atomic E-state index is -0.959. The Bertz CT molecular complexity index is 914. The number of anilines is 4. The Labute approximate surface area is 152 Å². The molecule has 0 unspecified atom stereocenters. The van der Waals surface area contributed by atoms with Gasteiger partial charge in [0.2, 0.25) is 5.95 Å². The number of benzene rings is 2. The molecule has 8 heteroatoms. The molecule has 0 aliphatic carbocycles. The summed E-state index contributed by atoms with van der Waals surface area (Å²) < 4.78 is 26.3. The number of para-hydroxylation sites is 1. The maximum atomic E-state index is 13.3. The van der Waals surface area contributed by atoms with Crippen LogP contribution in [0.1, 0.15) is 5.69 Å². The average molecular weight is 381 g/mol. The van der Waals surface area contributed by atoms with Crippen molar-refractivity contribution in [2.45, 2.75) is 6.92 Å². The van der Waals surface area contributed by atoms with E-state index in [1.807, 2.05) is 0 Å². The molecular formula is C17H12Cl2F2N4. The molecule has 0 atom stereocenters. The van der Waals surface area contributed by atoms with Crippen LogP contribution in [-0.4, -0.2) is 9.97 Å². The maximum Gasteiger partial charge on any atom is 0.229 e. The molecule has 2 N–H and O–H groups in total. The van der Waals surface area contributed by atoms with Crippen molar-refractivity contribution in [1.82, 2.24) is 9.97 Å². The monoisotopic (exact) mass is 380 g/mol. The molecule has 0 radical (unpaired) electrons. The smallest absolute Gasteiger partial charge is 0.229 e. The molecule has 0 aliphatic rings. The lowest BCUT2D eigenvalue weighted by Crippen LogP contribution is -2.03. The van der Waals surface area contributed by atoms with Gasteiger partial charge in [0.15, 0.2) is 11.6 Å². The van der Waals surface area contributed by atoms with Crippen molar-refractivity contribution in [3.8, 4) is 0 Å². The third-order valence-corrected chi connectivity index (χ3v) is 3.88. The Morgan fingerprint density at radius 3 is 2.28 bits per heavy atom. The molecule has 0 saturated carbocycles. The summed E-state index contributed by atoms with van der Waals surface area (Å²) in [5.74, 6) is -1.21. The summed E-state index contributed by atoms with van der Waals surface area (Å²) >= 11 is 12.3. The van der Waals surface area contributed by atoms with Gasteiger partial charge in [0, 0.05) is 23.5 Å². The van der Waals surface area contributed by atoms with Gasteiger partial charge < -0.3 is 10.6 Å². The number of nitrogens with one attached hydrogen (secondary N) is 2. The third kappa shape index (κ3) is 4.15. The van der Waals surface area contributed by atoms with Crippen molar-refractivity contribution >= 4 is 46.3 Å². The summed E-state index contributed by atoms with van der Waals surface area (Å²) in [5.41, 5.74) is 1.50. The van der Waals surface area contributed by atoms with Crippen molar-refractivity contribution < 1.29 is 8.78 Å². The number of aromatic nitrogens is 2. The number of nitrogens with zero attached hydrogens (tertiary/aromatic N) is 2. The summed E-state index contributed by atoms with van der Waals surface area (Å²) in [6, 6.07) is 10.3. The number of halogens is 4. The van der Waals surface area contributed by atoms with Crippen LogP contribution in [0, 0.1) is 18.6 Å². The number of rotatable bonds is 4. The molecule has 0 bridgehead atoms. The second-order valence-electron chi connectivity index (χ2n) is 5.19. The summed E-state index contributed by atoms with van der Waals surface area (Å²) in [5, 5.41) is 6.76. The fraction of sp³-hybridized carbons (Fsp3) is 0.0588. The van der Waals surface area contributed by atoms with E-state index < -0.39 is 11.6 Å². The quantitative estimate of drug-likeness (QED) is 0.595. The zero-order chi connectivity index (χ0) is 18.0. The molecule has 3 rings (SSSR count). The standard InChI is InChI=1S/C17H12Cl2F2N4/c1-9-7-15(24-16-11(18)3-2-4-12(16)19)25-17(22-9)23-10-5-6-13(20)14(21)8-10/h2-8H,1H3,(H2,22,23,24,25). The molecule has 0 aliphatic heterocycles. The Morgan fingerprint density at radius 1 is 0.880 bits per heavy atom. The third-order valence-electron chi connectivity index (χ3n) is 3.25. The molecule has 1 aromatic heterocycles. The van der Waals surface area contributed by atoms with Crippen LogP contribution in [0.3, 0.4) is 0 Å². The minimum absolute atomic E-state index is 0.219. The molecule has 2 aromatic carbocycles. The zero-order valence-electron chi connectivity index (χ0n) is 12.9. The van der Waals surface area contributed by atoms with Crippen molar-refractivity contribution in [3.05, 3.63) is 69.8 Å². The lowest BCUT2D eigenvalue weighted by Gasteiger charge is -2.12. The van der Waals surface area contributed by atoms with E-state index in [1.165, 1.54) is 6.07 Å². The molecule has 1 heterocycles. The van der Waals surface area contributed by atoms with Gasteiger partial charge in [0.1, 0.15) is 5.82 Å². The van der Waals surface area contributed by atoms with Gasteiger partial charge in [-0.3, -0.25) is 0 Å². The van der Waals surface area contributed by atoms with E-state index in [2.05, 4.69) is 20.6 Å². The van der Waals surface area contributed by atoms with Crippen LogP contribution in [0.4, 0.5) is 31.9 Å². The van der Waals surface area contributed by atoms with E-state index in [0.29, 0.717) is 32.9 Å². The van der Waals surface area contributed by atoms with Crippen LogP contribution in [0.15, 0.2) is 42.5 Å². The molecular weight excluding hydrogens is 369 g/mol. The van der Waals surface area contributed by atoms with Crippen LogP contribution >= 0.6 is 23.2 Å². The van der Waals surface area contributed by atoms with E-state index >= 15 is 0 Å². The van der Waals surface area contributed by atoms with Gasteiger partial charge in [-0.1, -0.05) is 29.3 Å². The Balaban J connectivity index is 1.89. The van der Waals surface area contributed by atoms with Crippen LogP contribution < -0.4 is 10.6 Å². The fourth-order valence-corrected chi connectivity index (χ4v) is 2.63. The Morgan fingerprint density at radius 2 is 1.60 bits per heavy atom. The van der Waals surface area contributed by atoms with E-state index in [1.54, 1.807) is 31.2 Å². The first kappa shape index (κ1) is 17.4. The molecule has 25 heavy (non-hydrogen) atoms.